The first kappa shape index (κ1) is 28.3. The number of carbonyl (C=O) groups is 2. The molecule has 0 bridgehead atoms. The number of rotatable bonds is 9. The van der Waals surface area contributed by atoms with Gasteiger partial charge in [-0.2, -0.15) is 0 Å². The summed E-state index contributed by atoms with van der Waals surface area (Å²) in [5.41, 5.74) is -1.88. The van der Waals surface area contributed by atoms with Crippen molar-refractivity contribution >= 4 is 23.4 Å². The number of likely N-dealkylation sites (tertiary alicyclic amines) is 1. The van der Waals surface area contributed by atoms with E-state index in [4.69, 9.17) is 4.74 Å². The van der Waals surface area contributed by atoms with Crippen LogP contribution < -0.4 is 16.0 Å². The molecule has 2 aromatic carbocycles. The number of aryl methyl sites for hydroxylation is 1. The molecule has 1 saturated heterocycles. The first-order valence-electron chi connectivity index (χ1n) is 12.0. The quantitative estimate of drug-likeness (QED) is 0.373. The third kappa shape index (κ3) is 7.59. The Hall–Kier alpha value is -3.31. The van der Waals surface area contributed by atoms with E-state index in [0.717, 1.165) is 12.1 Å². The summed E-state index contributed by atoms with van der Waals surface area (Å²) in [6.07, 6.45) is 0.0905. The molecule has 11 heteroatoms. The smallest absolute Gasteiger partial charge is 0.407 e. The van der Waals surface area contributed by atoms with E-state index in [9.17, 15) is 27.9 Å². The van der Waals surface area contributed by atoms with Crippen molar-refractivity contribution in [1.82, 2.24) is 15.5 Å². The Labute approximate surface area is 214 Å². The minimum Gasteiger partial charge on any atom is -0.444 e. The lowest BCUT2D eigenvalue weighted by Gasteiger charge is -2.46. The van der Waals surface area contributed by atoms with Gasteiger partial charge in [-0.25, -0.2) is 18.0 Å². The van der Waals surface area contributed by atoms with Crippen LogP contribution in [0.2, 0.25) is 0 Å². The van der Waals surface area contributed by atoms with Gasteiger partial charge in [-0.05, 0) is 70.5 Å². The maximum Gasteiger partial charge on any atom is 0.407 e. The summed E-state index contributed by atoms with van der Waals surface area (Å²) in [4.78, 5) is 25.9. The predicted octanol–water partition coefficient (Wildman–Crippen LogP) is 3.85. The van der Waals surface area contributed by atoms with Gasteiger partial charge in [-0.3, -0.25) is 4.79 Å². The van der Waals surface area contributed by atoms with E-state index in [1.807, 2.05) is 0 Å². The molecule has 0 radical (unpaired) electrons. The van der Waals surface area contributed by atoms with Crippen molar-refractivity contribution in [2.24, 2.45) is 0 Å². The molecule has 1 fully saturated rings. The molecule has 0 unspecified atom stereocenters. The molecule has 8 nitrogen and oxygen atoms in total. The first-order chi connectivity index (χ1) is 17.3. The lowest BCUT2D eigenvalue weighted by Crippen LogP contribution is -2.67. The van der Waals surface area contributed by atoms with Gasteiger partial charge >= 0.3 is 6.09 Å². The average Bonchev–Trinajstić information content (AvgIpc) is 2.77. The van der Waals surface area contributed by atoms with Gasteiger partial charge in [0.25, 0.3) is 5.91 Å². The van der Waals surface area contributed by atoms with E-state index in [0.29, 0.717) is 25.1 Å². The van der Waals surface area contributed by atoms with Gasteiger partial charge in [0.05, 0.1) is 30.0 Å². The monoisotopic (exact) mass is 522 g/mol. The van der Waals surface area contributed by atoms with Crippen LogP contribution in [0.15, 0.2) is 30.3 Å². The van der Waals surface area contributed by atoms with Gasteiger partial charge in [0.2, 0.25) is 0 Å². The number of benzene rings is 2. The number of amides is 2. The normalized spacial score (nSPS) is 14.6. The summed E-state index contributed by atoms with van der Waals surface area (Å²) >= 11 is 0. The van der Waals surface area contributed by atoms with Crippen molar-refractivity contribution in [3.63, 3.8) is 0 Å². The highest BCUT2D eigenvalue weighted by atomic mass is 19.2. The third-order valence-corrected chi connectivity index (χ3v) is 5.62. The number of nitrogens with zero attached hydrogens (tertiary/aromatic N) is 1. The zero-order chi connectivity index (χ0) is 27.4. The van der Waals surface area contributed by atoms with Gasteiger partial charge in [0, 0.05) is 13.1 Å². The van der Waals surface area contributed by atoms with Crippen molar-refractivity contribution < 1.29 is 32.6 Å². The fraction of sp³-hybridized carbons (Fsp3) is 0.462. The van der Waals surface area contributed by atoms with Crippen LogP contribution in [-0.4, -0.2) is 65.9 Å². The summed E-state index contributed by atoms with van der Waals surface area (Å²) < 4.78 is 48.0. The molecule has 2 aromatic rings. The maximum absolute atomic E-state index is 14.6. The molecule has 0 atom stereocenters. The van der Waals surface area contributed by atoms with Crippen molar-refractivity contribution in [2.75, 3.05) is 38.0 Å². The molecule has 0 aromatic heterocycles. The summed E-state index contributed by atoms with van der Waals surface area (Å²) in [5.74, 6) is -3.78. The number of halogens is 3. The Morgan fingerprint density at radius 1 is 1.08 bits per heavy atom. The van der Waals surface area contributed by atoms with Crippen LogP contribution in [0.5, 0.6) is 0 Å². The van der Waals surface area contributed by atoms with Crippen LogP contribution in [0.4, 0.5) is 29.3 Å². The number of nitrogens with one attached hydrogen (secondary N) is 3. The van der Waals surface area contributed by atoms with E-state index in [2.05, 4.69) is 16.0 Å². The molecular weight excluding hydrogens is 489 g/mol. The largest absolute Gasteiger partial charge is 0.444 e. The summed E-state index contributed by atoms with van der Waals surface area (Å²) in [7, 11) is 0. The lowest BCUT2D eigenvalue weighted by atomic mass is 9.92. The Bertz CT molecular complexity index is 1150. The number of β-amino-alcohol motifs (C(OH)–C–C–N with tert-alkyl or cyclic N) is 1. The van der Waals surface area contributed by atoms with E-state index < -0.39 is 46.3 Å². The fourth-order valence-electron chi connectivity index (χ4n) is 3.84. The highest BCUT2D eigenvalue weighted by molar-refractivity contribution is 6.01. The van der Waals surface area contributed by atoms with E-state index in [1.165, 1.54) is 17.0 Å². The van der Waals surface area contributed by atoms with Gasteiger partial charge in [-0.15, -0.1) is 0 Å². The highest BCUT2D eigenvalue weighted by Gasteiger charge is 2.44. The molecule has 0 aliphatic carbocycles. The molecule has 0 spiro atoms. The maximum atomic E-state index is 14.6. The van der Waals surface area contributed by atoms with Gasteiger partial charge in [-0.1, -0.05) is 6.07 Å². The minimum absolute atomic E-state index is 0.0215. The predicted molar refractivity (Wildman–Crippen MR) is 133 cm³/mol. The molecule has 1 aliphatic rings. The number of ether oxygens (including phenoxy) is 1. The number of alkyl carbamates (subject to hydrolysis) is 1. The molecule has 0 saturated carbocycles. The van der Waals surface area contributed by atoms with Crippen LogP contribution in [0.25, 0.3) is 0 Å². The molecule has 1 aliphatic heterocycles. The topological polar surface area (TPSA) is 103 Å². The van der Waals surface area contributed by atoms with Crippen molar-refractivity contribution in [2.45, 2.75) is 45.3 Å². The molecule has 1 heterocycles. The molecule has 2 amide bonds. The molecule has 4 N–H and O–H groups in total. The van der Waals surface area contributed by atoms with E-state index in [-0.39, 0.29) is 30.9 Å². The summed E-state index contributed by atoms with van der Waals surface area (Å²) in [5, 5.41) is 18.9. The zero-order valence-electron chi connectivity index (χ0n) is 21.4. The molecule has 3 rings (SSSR count). The third-order valence-electron chi connectivity index (χ3n) is 5.62. The summed E-state index contributed by atoms with van der Waals surface area (Å²) in [6, 6.07) is 6.17. The Kier molecular flexibility index (Phi) is 8.70. The second kappa shape index (κ2) is 11.4. The number of aliphatic hydroxyl groups is 1. The van der Waals surface area contributed by atoms with Crippen LogP contribution in [0, 0.1) is 24.4 Å². The zero-order valence-corrected chi connectivity index (χ0v) is 21.4. The Balaban J connectivity index is 1.52. The van der Waals surface area contributed by atoms with Crippen molar-refractivity contribution in [1.29, 1.82) is 0 Å². The van der Waals surface area contributed by atoms with Gasteiger partial charge in [0.1, 0.15) is 17.0 Å². The average molecular weight is 523 g/mol. The molecule has 37 heavy (non-hydrogen) atoms. The van der Waals surface area contributed by atoms with Crippen LogP contribution in [0.3, 0.4) is 0 Å². The Morgan fingerprint density at radius 2 is 1.78 bits per heavy atom. The second-order valence-corrected chi connectivity index (χ2v) is 10.2. The SMILES string of the molecule is Cc1ccc(Nc2c(C(=O)N3CC(O)(CNCCCNC(=O)OC(C)(C)C)C3)ccc(F)c2F)c(F)c1. The number of hydrogen-bond donors (Lipinski definition) is 4. The molecule has 202 valence electrons. The van der Waals surface area contributed by atoms with Gasteiger partial charge < -0.3 is 30.7 Å². The second-order valence-electron chi connectivity index (χ2n) is 10.2. The van der Waals surface area contributed by atoms with E-state index in [1.54, 1.807) is 33.8 Å². The number of carbonyl (C=O) groups excluding carboxylic acids is 2. The van der Waals surface area contributed by atoms with Crippen molar-refractivity contribution in [3.05, 3.63) is 58.9 Å². The van der Waals surface area contributed by atoms with Crippen molar-refractivity contribution in [3.8, 4) is 0 Å². The standard InChI is InChI=1S/C26H33F3N4O4/c1-16-6-9-20(19(28)12-16)32-22-17(7-8-18(27)21(22)29)23(34)33-14-26(36,15-33)13-30-10-5-11-31-24(35)37-25(2,3)4/h6-9,12,30,32,36H,5,10-11,13-15H2,1-4H3,(H,31,35). The number of hydrogen-bond acceptors (Lipinski definition) is 6. The first-order valence-corrected chi connectivity index (χ1v) is 12.0. The van der Waals surface area contributed by atoms with E-state index >= 15 is 0 Å². The van der Waals surface area contributed by atoms with Crippen LogP contribution in [-0.2, 0) is 4.74 Å². The van der Waals surface area contributed by atoms with Crippen LogP contribution in [0.1, 0.15) is 43.1 Å². The summed E-state index contributed by atoms with van der Waals surface area (Å²) in [6.45, 7) is 8.05. The molecular formula is C26H33F3N4O4. The minimum atomic E-state index is -1.30. The number of anilines is 2. The van der Waals surface area contributed by atoms with Gasteiger partial charge in [0.15, 0.2) is 11.6 Å². The lowest BCUT2D eigenvalue weighted by molar-refractivity contribution is -0.0784. The fourth-order valence-corrected chi connectivity index (χ4v) is 3.84. The van der Waals surface area contributed by atoms with Crippen LogP contribution >= 0.6 is 0 Å². The Morgan fingerprint density at radius 3 is 2.43 bits per heavy atom. The highest BCUT2D eigenvalue weighted by Crippen LogP contribution is 2.31.